The minimum absolute atomic E-state index is 0.506. The van der Waals surface area contributed by atoms with Gasteiger partial charge in [0.1, 0.15) is 0 Å². The van der Waals surface area contributed by atoms with Gasteiger partial charge in [-0.3, -0.25) is 0 Å². The monoisotopic (exact) mass is 281 g/mol. The van der Waals surface area contributed by atoms with E-state index in [0.29, 0.717) is 5.92 Å². The minimum Gasteiger partial charge on any atom is -0.351 e. The Labute approximate surface area is 121 Å². The van der Waals surface area contributed by atoms with Gasteiger partial charge in [-0.15, -0.1) is 11.3 Å². The van der Waals surface area contributed by atoms with Crippen LogP contribution >= 0.6 is 11.3 Å². The maximum Gasteiger partial charge on any atom is 0.185 e. The molecule has 1 aromatic rings. The van der Waals surface area contributed by atoms with E-state index in [0.717, 1.165) is 31.5 Å². The lowest BCUT2D eigenvalue weighted by Crippen LogP contribution is -2.20. The van der Waals surface area contributed by atoms with Gasteiger partial charge in [0.15, 0.2) is 5.13 Å². The molecule has 1 aliphatic carbocycles. The Morgan fingerprint density at radius 2 is 2.16 bits per heavy atom. The lowest BCUT2D eigenvalue weighted by Gasteiger charge is -2.15. The molecule has 2 atom stereocenters. The summed E-state index contributed by atoms with van der Waals surface area (Å²) in [5.41, 5.74) is 1.27. The molecule has 1 heterocycles. The Morgan fingerprint density at radius 3 is 2.68 bits per heavy atom. The van der Waals surface area contributed by atoms with Gasteiger partial charge >= 0.3 is 0 Å². The van der Waals surface area contributed by atoms with Crippen LogP contribution in [0.1, 0.15) is 50.6 Å². The molecule has 108 valence electrons. The lowest BCUT2D eigenvalue weighted by molar-refractivity contribution is 0.709. The molecule has 19 heavy (non-hydrogen) atoms. The highest BCUT2D eigenvalue weighted by molar-refractivity contribution is 7.15. The van der Waals surface area contributed by atoms with Crippen molar-refractivity contribution in [2.45, 2.75) is 46.6 Å². The van der Waals surface area contributed by atoms with Crippen molar-refractivity contribution in [2.75, 3.05) is 25.0 Å². The van der Waals surface area contributed by atoms with Crippen molar-refractivity contribution in [1.82, 2.24) is 10.3 Å². The molecule has 0 aromatic carbocycles. The van der Waals surface area contributed by atoms with E-state index in [9.17, 15) is 0 Å². The van der Waals surface area contributed by atoms with Gasteiger partial charge < -0.3 is 10.2 Å². The number of aromatic nitrogens is 1. The molecule has 0 radical (unpaired) electrons. The zero-order chi connectivity index (χ0) is 14.0. The Kier molecular flexibility index (Phi) is 4.85. The predicted octanol–water partition coefficient (Wildman–Crippen LogP) is 3.47. The Balaban J connectivity index is 2.07. The van der Waals surface area contributed by atoms with Crippen molar-refractivity contribution < 1.29 is 0 Å². The van der Waals surface area contributed by atoms with Gasteiger partial charge in [-0.05, 0) is 30.7 Å². The van der Waals surface area contributed by atoms with E-state index in [2.05, 4.69) is 45.0 Å². The van der Waals surface area contributed by atoms with E-state index < -0.39 is 0 Å². The third kappa shape index (κ3) is 3.69. The summed E-state index contributed by atoms with van der Waals surface area (Å²) in [6, 6.07) is 0. The second kappa shape index (κ2) is 6.23. The van der Waals surface area contributed by atoms with Crippen LogP contribution in [0.15, 0.2) is 0 Å². The van der Waals surface area contributed by atoms with Gasteiger partial charge in [-0.2, -0.15) is 0 Å². The Morgan fingerprint density at radius 1 is 1.47 bits per heavy atom. The number of rotatable bonds is 7. The first kappa shape index (κ1) is 14.8. The third-order valence-electron chi connectivity index (χ3n) is 3.91. The van der Waals surface area contributed by atoms with Gasteiger partial charge in [0.2, 0.25) is 0 Å². The molecule has 4 heteroatoms. The summed E-state index contributed by atoms with van der Waals surface area (Å²) in [5, 5.41) is 4.61. The van der Waals surface area contributed by atoms with Crippen molar-refractivity contribution in [1.29, 1.82) is 0 Å². The standard InChI is InChI=1S/C15H27N3S/c1-6-16-8-13-14(10(2)3)17-15(19-13)18(5)9-12-7-11(12)4/h10-12,16H,6-9H2,1-5H3. The molecule has 0 spiro atoms. The van der Waals surface area contributed by atoms with Crippen molar-refractivity contribution >= 4 is 16.5 Å². The van der Waals surface area contributed by atoms with Crippen LogP contribution in [-0.4, -0.2) is 25.1 Å². The smallest absolute Gasteiger partial charge is 0.185 e. The molecule has 1 fully saturated rings. The minimum atomic E-state index is 0.506. The van der Waals surface area contributed by atoms with Crippen LogP contribution < -0.4 is 10.2 Å². The van der Waals surface area contributed by atoms with Crippen molar-refractivity contribution in [3.05, 3.63) is 10.6 Å². The van der Waals surface area contributed by atoms with Crippen molar-refractivity contribution in [3.8, 4) is 0 Å². The number of nitrogens with one attached hydrogen (secondary N) is 1. The topological polar surface area (TPSA) is 28.2 Å². The summed E-state index contributed by atoms with van der Waals surface area (Å²) < 4.78 is 0. The fourth-order valence-corrected chi connectivity index (χ4v) is 3.57. The molecule has 2 unspecified atom stereocenters. The average molecular weight is 281 g/mol. The van der Waals surface area contributed by atoms with E-state index in [-0.39, 0.29) is 0 Å². The number of hydrogen-bond acceptors (Lipinski definition) is 4. The van der Waals surface area contributed by atoms with Crippen LogP contribution in [0.25, 0.3) is 0 Å². The summed E-state index contributed by atoms with van der Waals surface area (Å²) in [4.78, 5) is 8.63. The molecule has 1 aliphatic rings. The fourth-order valence-electron chi connectivity index (χ4n) is 2.41. The molecule has 2 rings (SSSR count). The van der Waals surface area contributed by atoms with Gasteiger partial charge in [0.25, 0.3) is 0 Å². The van der Waals surface area contributed by atoms with Gasteiger partial charge in [0.05, 0.1) is 5.69 Å². The van der Waals surface area contributed by atoms with Crippen LogP contribution in [0.4, 0.5) is 5.13 Å². The molecule has 1 aromatic heterocycles. The number of thiazole rings is 1. The SMILES string of the molecule is CCNCc1sc(N(C)CC2CC2C)nc1C(C)C. The van der Waals surface area contributed by atoms with Crippen LogP contribution in [0.3, 0.4) is 0 Å². The zero-order valence-electron chi connectivity index (χ0n) is 12.9. The molecule has 1 saturated carbocycles. The Bertz CT molecular complexity index is 414. The maximum absolute atomic E-state index is 4.87. The molecule has 1 N–H and O–H groups in total. The van der Waals surface area contributed by atoms with E-state index in [1.54, 1.807) is 0 Å². The summed E-state index contributed by atoms with van der Waals surface area (Å²) in [6.07, 6.45) is 1.39. The molecular weight excluding hydrogens is 254 g/mol. The van der Waals surface area contributed by atoms with Crippen LogP contribution in [0.5, 0.6) is 0 Å². The summed E-state index contributed by atoms with van der Waals surface area (Å²) >= 11 is 1.86. The quantitative estimate of drug-likeness (QED) is 0.829. The van der Waals surface area contributed by atoms with Crippen molar-refractivity contribution in [3.63, 3.8) is 0 Å². The summed E-state index contributed by atoms with van der Waals surface area (Å²) in [5.74, 6) is 2.30. The second-order valence-electron chi connectivity index (χ2n) is 6.09. The third-order valence-corrected chi connectivity index (χ3v) is 5.10. The Hall–Kier alpha value is -0.610. The van der Waals surface area contributed by atoms with E-state index >= 15 is 0 Å². The average Bonchev–Trinajstić information content (AvgIpc) is 2.91. The van der Waals surface area contributed by atoms with Gasteiger partial charge in [-0.25, -0.2) is 4.98 Å². The van der Waals surface area contributed by atoms with Gasteiger partial charge in [-0.1, -0.05) is 27.7 Å². The number of anilines is 1. The van der Waals surface area contributed by atoms with Gasteiger partial charge in [0, 0.05) is 25.0 Å². The highest BCUT2D eigenvalue weighted by Gasteiger charge is 2.33. The molecule has 0 aliphatic heterocycles. The molecule has 0 amide bonds. The lowest BCUT2D eigenvalue weighted by atomic mass is 10.1. The first-order chi connectivity index (χ1) is 9.02. The van der Waals surface area contributed by atoms with Crippen LogP contribution in [0, 0.1) is 11.8 Å². The van der Waals surface area contributed by atoms with Crippen molar-refractivity contribution in [2.24, 2.45) is 11.8 Å². The fraction of sp³-hybridized carbons (Fsp3) is 0.800. The highest BCUT2D eigenvalue weighted by Crippen LogP contribution is 2.39. The van der Waals surface area contributed by atoms with Crippen LogP contribution in [0.2, 0.25) is 0 Å². The largest absolute Gasteiger partial charge is 0.351 e. The molecular formula is C15H27N3S. The summed E-state index contributed by atoms with van der Waals surface area (Å²) in [6.45, 7) is 12.1. The molecule has 0 bridgehead atoms. The van der Waals surface area contributed by atoms with Crippen LogP contribution in [-0.2, 0) is 6.54 Å². The maximum atomic E-state index is 4.87. The predicted molar refractivity (Wildman–Crippen MR) is 84.1 cm³/mol. The normalized spacial score (nSPS) is 22.0. The highest BCUT2D eigenvalue weighted by atomic mass is 32.1. The van der Waals surface area contributed by atoms with E-state index in [1.807, 2.05) is 11.3 Å². The zero-order valence-corrected chi connectivity index (χ0v) is 13.7. The molecule has 3 nitrogen and oxygen atoms in total. The number of hydrogen-bond donors (Lipinski definition) is 1. The first-order valence-corrected chi connectivity index (χ1v) is 8.26. The van der Waals surface area contributed by atoms with E-state index in [4.69, 9.17) is 4.98 Å². The number of nitrogens with zero attached hydrogens (tertiary/aromatic N) is 2. The second-order valence-corrected chi connectivity index (χ2v) is 7.16. The van der Waals surface area contributed by atoms with E-state index in [1.165, 1.54) is 22.1 Å². The first-order valence-electron chi connectivity index (χ1n) is 7.44. The molecule has 0 saturated heterocycles. The summed E-state index contributed by atoms with van der Waals surface area (Å²) in [7, 11) is 2.19.